The number of rotatable bonds is 8. The summed E-state index contributed by atoms with van der Waals surface area (Å²) >= 11 is 0. The number of ether oxygens (including phenoxy) is 3. The van der Waals surface area contributed by atoms with Gasteiger partial charge in [-0.2, -0.15) is 0 Å². The minimum Gasteiger partial charge on any atom is -0.481 e. The summed E-state index contributed by atoms with van der Waals surface area (Å²) < 4.78 is 14.9. The molecule has 20 heavy (non-hydrogen) atoms. The average molecular weight is 284 g/mol. The highest BCUT2D eigenvalue weighted by atomic mass is 16.5. The van der Waals surface area contributed by atoms with Gasteiger partial charge in [0.15, 0.2) is 0 Å². The van der Waals surface area contributed by atoms with Gasteiger partial charge in [0.2, 0.25) is 5.88 Å². The molecule has 0 aromatic carbocycles. The van der Waals surface area contributed by atoms with Gasteiger partial charge in [0.05, 0.1) is 20.3 Å². The lowest BCUT2D eigenvalue weighted by atomic mass is 10.5. The summed E-state index contributed by atoms with van der Waals surface area (Å²) in [4.78, 5) is 21.5. The Morgan fingerprint density at radius 1 is 1.20 bits per heavy atom. The number of methoxy groups -OCH3 is 3. The van der Waals surface area contributed by atoms with Gasteiger partial charge in [0.1, 0.15) is 12.1 Å². The van der Waals surface area contributed by atoms with Crippen LogP contribution in [0.3, 0.4) is 0 Å². The van der Waals surface area contributed by atoms with E-state index >= 15 is 0 Å². The van der Waals surface area contributed by atoms with Crippen LogP contribution in [0.2, 0.25) is 0 Å². The van der Waals surface area contributed by atoms with Gasteiger partial charge in [-0.25, -0.2) is 14.8 Å². The van der Waals surface area contributed by atoms with Crippen LogP contribution in [0, 0.1) is 0 Å². The van der Waals surface area contributed by atoms with Gasteiger partial charge in [0, 0.05) is 33.4 Å². The molecule has 112 valence electrons. The fraction of sp³-hybridized carbons (Fsp3) is 0.583. The van der Waals surface area contributed by atoms with Crippen LogP contribution in [0.15, 0.2) is 12.4 Å². The Hall–Kier alpha value is -1.93. The van der Waals surface area contributed by atoms with E-state index in [9.17, 15) is 4.79 Å². The van der Waals surface area contributed by atoms with Gasteiger partial charge >= 0.3 is 6.03 Å². The second-order valence-corrected chi connectivity index (χ2v) is 3.85. The van der Waals surface area contributed by atoms with Gasteiger partial charge in [-0.15, -0.1) is 0 Å². The number of anilines is 1. The standard InChI is InChI=1S/C12H20N4O4/c1-18-6-4-16(5-7-19-2)12(17)15-10-8-11(20-3)14-9-13-10/h8-9H,4-7H2,1-3H3,(H,13,14,15,17). The number of aromatic nitrogens is 2. The molecule has 0 fully saturated rings. The van der Waals surface area contributed by atoms with Gasteiger partial charge in [-0.1, -0.05) is 0 Å². The van der Waals surface area contributed by atoms with E-state index in [0.717, 1.165) is 0 Å². The van der Waals surface area contributed by atoms with Crippen molar-refractivity contribution < 1.29 is 19.0 Å². The molecule has 1 aromatic heterocycles. The fourth-order valence-corrected chi connectivity index (χ4v) is 1.43. The number of amides is 2. The van der Waals surface area contributed by atoms with E-state index in [1.807, 2.05) is 0 Å². The lowest BCUT2D eigenvalue weighted by molar-refractivity contribution is 0.127. The van der Waals surface area contributed by atoms with Gasteiger partial charge in [0.25, 0.3) is 0 Å². The van der Waals surface area contributed by atoms with Crippen LogP contribution in [0.1, 0.15) is 0 Å². The summed E-state index contributed by atoms with van der Waals surface area (Å²) in [6, 6.07) is 1.27. The highest BCUT2D eigenvalue weighted by Crippen LogP contribution is 2.10. The first-order valence-corrected chi connectivity index (χ1v) is 6.11. The topological polar surface area (TPSA) is 85.8 Å². The zero-order chi connectivity index (χ0) is 14.8. The third kappa shape index (κ3) is 5.37. The predicted octanol–water partition coefficient (Wildman–Crippen LogP) is 0.612. The zero-order valence-electron chi connectivity index (χ0n) is 12.0. The molecule has 1 N–H and O–H groups in total. The molecule has 0 spiro atoms. The molecule has 2 amide bonds. The van der Waals surface area contributed by atoms with Crippen molar-refractivity contribution in [2.24, 2.45) is 0 Å². The highest BCUT2D eigenvalue weighted by molar-refractivity contribution is 5.88. The van der Waals surface area contributed by atoms with Crippen molar-refractivity contribution in [3.63, 3.8) is 0 Å². The molecule has 0 saturated heterocycles. The maximum Gasteiger partial charge on any atom is 0.323 e. The van der Waals surface area contributed by atoms with E-state index in [0.29, 0.717) is 38.0 Å². The molecule has 0 aliphatic carbocycles. The van der Waals surface area contributed by atoms with Crippen LogP contribution < -0.4 is 10.1 Å². The Balaban J connectivity index is 2.63. The molecule has 0 bridgehead atoms. The van der Waals surface area contributed by atoms with Crippen LogP contribution in [0.25, 0.3) is 0 Å². The monoisotopic (exact) mass is 284 g/mol. The first-order valence-electron chi connectivity index (χ1n) is 6.11. The number of hydrogen-bond acceptors (Lipinski definition) is 6. The van der Waals surface area contributed by atoms with E-state index in [4.69, 9.17) is 14.2 Å². The van der Waals surface area contributed by atoms with E-state index in [1.54, 1.807) is 25.2 Å². The summed E-state index contributed by atoms with van der Waals surface area (Å²) in [6.45, 7) is 1.83. The van der Waals surface area contributed by atoms with Gasteiger partial charge in [-0.3, -0.25) is 5.32 Å². The number of urea groups is 1. The summed E-state index contributed by atoms with van der Waals surface area (Å²) in [6.07, 6.45) is 1.32. The normalized spacial score (nSPS) is 10.2. The molecule has 1 heterocycles. The molecule has 0 atom stereocenters. The average Bonchev–Trinajstić information content (AvgIpc) is 2.47. The second kappa shape index (κ2) is 9.05. The molecule has 8 heteroatoms. The fourth-order valence-electron chi connectivity index (χ4n) is 1.43. The number of carbonyl (C=O) groups excluding carboxylic acids is 1. The summed E-state index contributed by atoms with van der Waals surface area (Å²) in [7, 11) is 4.67. The molecule has 0 aliphatic rings. The van der Waals surface area contributed by atoms with Crippen LogP contribution in [0.5, 0.6) is 5.88 Å². The lowest BCUT2D eigenvalue weighted by Gasteiger charge is -2.22. The number of hydrogen-bond donors (Lipinski definition) is 1. The SMILES string of the molecule is COCCN(CCOC)C(=O)Nc1cc(OC)ncn1. The van der Waals surface area contributed by atoms with Crippen molar-refractivity contribution >= 4 is 11.8 Å². The van der Waals surface area contributed by atoms with Crippen LogP contribution in [-0.4, -0.2) is 68.5 Å². The Morgan fingerprint density at radius 3 is 2.40 bits per heavy atom. The molecular weight excluding hydrogens is 264 g/mol. The van der Waals surface area contributed by atoms with E-state index < -0.39 is 0 Å². The van der Waals surface area contributed by atoms with Crippen molar-refractivity contribution in [3.05, 3.63) is 12.4 Å². The van der Waals surface area contributed by atoms with Gasteiger partial charge < -0.3 is 19.1 Å². The largest absolute Gasteiger partial charge is 0.481 e. The van der Waals surface area contributed by atoms with Crippen LogP contribution in [-0.2, 0) is 9.47 Å². The molecule has 0 aliphatic heterocycles. The van der Waals surface area contributed by atoms with Gasteiger partial charge in [-0.05, 0) is 0 Å². The summed E-state index contributed by atoms with van der Waals surface area (Å²) in [5, 5.41) is 2.68. The Labute approximate surface area is 118 Å². The minimum atomic E-state index is -0.278. The molecule has 1 rings (SSSR count). The first kappa shape index (κ1) is 16.1. The molecule has 0 saturated carbocycles. The molecular formula is C12H20N4O4. The molecule has 1 aromatic rings. The van der Waals surface area contributed by atoms with Crippen molar-refractivity contribution in [1.82, 2.24) is 14.9 Å². The Bertz CT molecular complexity index is 408. The number of nitrogens with one attached hydrogen (secondary N) is 1. The van der Waals surface area contributed by atoms with Crippen LogP contribution >= 0.6 is 0 Å². The van der Waals surface area contributed by atoms with Crippen molar-refractivity contribution in [2.45, 2.75) is 0 Å². The van der Waals surface area contributed by atoms with E-state index in [2.05, 4.69) is 15.3 Å². The predicted molar refractivity (Wildman–Crippen MR) is 72.9 cm³/mol. The number of nitrogens with zero attached hydrogens (tertiary/aromatic N) is 3. The molecule has 0 radical (unpaired) electrons. The van der Waals surface area contributed by atoms with Crippen LogP contribution in [0.4, 0.5) is 10.6 Å². The molecule has 0 unspecified atom stereocenters. The summed E-state index contributed by atoms with van der Waals surface area (Å²) in [5.74, 6) is 0.761. The minimum absolute atomic E-state index is 0.278. The molecule has 8 nitrogen and oxygen atoms in total. The maximum absolute atomic E-state index is 12.1. The third-order valence-corrected chi connectivity index (χ3v) is 2.50. The van der Waals surface area contributed by atoms with E-state index in [1.165, 1.54) is 13.4 Å². The second-order valence-electron chi connectivity index (χ2n) is 3.85. The third-order valence-electron chi connectivity index (χ3n) is 2.50. The van der Waals surface area contributed by atoms with E-state index in [-0.39, 0.29) is 6.03 Å². The number of carbonyl (C=O) groups is 1. The highest BCUT2D eigenvalue weighted by Gasteiger charge is 2.14. The Kier molecular flexibility index (Phi) is 7.30. The zero-order valence-corrected chi connectivity index (χ0v) is 12.0. The first-order chi connectivity index (χ1) is 9.71. The smallest absolute Gasteiger partial charge is 0.323 e. The quantitative estimate of drug-likeness (QED) is 0.753. The Morgan fingerprint density at radius 2 is 1.85 bits per heavy atom. The summed E-state index contributed by atoms with van der Waals surface area (Å²) in [5.41, 5.74) is 0. The van der Waals surface area contributed by atoms with Crippen molar-refractivity contribution in [2.75, 3.05) is 52.9 Å². The lowest BCUT2D eigenvalue weighted by Crippen LogP contribution is -2.39. The van der Waals surface area contributed by atoms with Crippen molar-refractivity contribution in [3.8, 4) is 5.88 Å². The van der Waals surface area contributed by atoms with Crippen molar-refractivity contribution in [1.29, 1.82) is 0 Å². The maximum atomic E-state index is 12.1.